The molecule has 0 atom stereocenters. The molecule has 5 nitrogen and oxygen atoms in total. The van der Waals surface area contributed by atoms with Gasteiger partial charge >= 0.3 is 0 Å². The lowest BCUT2D eigenvalue weighted by molar-refractivity contribution is 0.488. The van der Waals surface area contributed by atoms with Crippen molar-refractivity contribution >= 4 is 119 Å². The molecule has 14 aromatic carbocycles. The SMILES string of the molecule is [2H]c1c([2H])c([2H])c2c(c1[2H])c1c([2H])c([2H])c([2H])c([2H])c1n2-c1cc2c3c(c1)N(c1cc(C(C)(C)C)cc(C(C)(C)C)c1)c1cc4c(cc1B3c1ccccc1N2c1cc(C(C)(C)C)cc(C(C)(C)C)c1)B1c2ccccc2N(c2cccc(C(C)(C)C)c2)c2cc(-c3cccc5c3C3(c6ccccc6-c6ccccc63)c3ccccc3-5)cc(c21)O4. The first kappa shape index (κ1) is 60.0. The van der Waals surface area contributed by atoms with E-state index < -0.39 is 48.4 Å². The molecule has 0 amide bonds. The van der Waals surface area contributed by atoms with Crippen LogP contribution in [0, 0.1) is 0 Å². The molecule has 544 valence electrons. The number of para-hydroxylation sites is 4. The van der Waals surface area contributed by atoms with Crippen molar-refractivity contribution in [3.05, 3.63) is 335 Å². The summed E-state index contributed by atoms with van der Waals surface area (Å²) >= 11 is 0. The van der Waals surface area contributed by atoms with Crippen molar-refractivity contribution in [1.82, 2.24) is 4.57 Å². The van der Waals surface area contributed by atoms with E-state index in [-0.39, 0.29) is 67.7 Å². The Balaban J connectivity index is 0.897. The molecule has 1 spiro atoms. The van der Waals surface area contributed by atoms with Crippen LogP contribution < -0.4 is 52.2 Å². The molecule has 0 saturated heterocycles. The highest BCUT2D eigenvalue weighted by atomic mass is 16.5. The minimum atomic E-state index is -0.668. The topological polar surface area (TPSA) is 23.9 Å². The van der Waals surface area contributed by atoms with E-state index in [1.807, 2.05) is 0 Å². The van der Waals surface area contributed by atoms with Crippen LogP contribution in [0.5, 0.6) is 11.5 Å². The first-order chi connectivity index (χ1) is 57.0. The predicted molar refractivity (Wildman–Crippen MR) is 476 cm³/mol. The normalized spacial score (nSPS) is 15.6. The summed E-state index contributed by atoms with van der Waals surface area (Å²) in [4.78, 5) is 7.30. The van der Waals surface area contributed by atoms with Gasteiger partial charge in [0.15, 0.2) is 0 Å². The molecule has 4 aliphatic heterocycles. The number of ether oxygens (including phenoxy) is 1. The van der Waals surface area contributed by atoms with E-state index in [1.165, 1.54) is 50.1 Å². The summed E-state index contributed by atoms with van der Waals surface area (Å²) in [6.45, 7) is 33.2. The number of benzene rings is 14. The Kier molecular flexibility index (Phi) is 12.7. The van der Waals surface area contributed by atoms with Gasteiger partial charge in [-0.1, -0.05) is 298 Å². The number of anilines is 9. The Morgan fingerprint density at radius 2 is 0.723 bits per heavy atom. The smallest absolute Gasteiger partial charge is 0.256 e. The van der Waals surface area contributed by atoms with Crippen LogP contribution >= 0.6 is 0 Å². The maximum Gasteiger partial charge on any atom is 0.256 e. The minimum Gasteiger partial charge on any atom is -0.458 e. The van der Waals surface area contributed by atoms with Crippen LogP contribution in [-0.4, -0.2) is 18.0 Å². The van der Waals surface area contributed by atoms with E-state index >= 15 is 0 Å². The highest BCUT2D eigenvalue weighted by Crippen LogP contribution is 2.65. The standard InChI is InChI=1S/C105H92B2N4O/c1-100(2,3)64-32-30-33-69(54-64)108-89-48-28-25-45-84(89)107-86-61-85-91(62-95(86)112-96-51-63(50-92(108)99(96)107)73-39-31-40-79-76-36-18-23-43-82(76)105(97(73)79)80-41-21-16-34-74(80)75-35-17-22-42-81(75)105)111(71-57-67(103(10,11)12)53-68(58-71)104(13,14)15)94-60-72(109-87-46-26-19-37-77(87)78-38-20-27-47-88(78)109)59-93-98(94)106(85)83-44-24-29-49-90(83)110(93)70-55-65(101(4,5)6)52-66(56-70)102(7,8)9/h16-62H,1-15H3/i19D,20D,26D,27D,37D,38D,46D,47D. The number of rotatable bonds is 5. The van der Waals surface area contributed by atoms with Crippen molar-refractivity contribution in [3.8, 4) is 50.6 Å². The van der Waals surface area contributed by atoms with Gasteiger partial charge in [-0.2, -0.15) is 0 Å². The van der Waals surface area contributed by atoms with Crippen LogP contribution in [0.2, 0.25) is 0 Å². The third kappa shape index (κ3) is 9.83. The van der Waals surface area contributed by atoms with Gasteiger partial charge < -0.3 is 24.0 Å². The lowest BCUT2D eigenvalue weighted by Gasteiger charge is -2.46. The summed E-state index contributed by atoms with van der Waals surface area (Å²) in [6, 6.07) is 85.2. The quantitative estimate of drug-likeness (QED) is 0.160. The zero-order chi connectivity index (χ0) is 83.7. The van der Waals surface area contributed by atoms with Gasteiger partial charge in [-0.3, -0.25) is 0 Å². The summed E-state index contributed by atoms with van der Waals surface area (Å²) in [5.41, 5.74) is 30.7. The van der Waals surface area contributed by atoms with Crippen LogP contribution in [0.25, 0.3) is 60.9 Å². The number of fused-ring (bicyclic) bond motifs is 21. The van der Waals surface area contributed by atoms with E-state index in [9.17, 15) is 11.0 Å². The average Bonchev–Trinajstić information content (AvgIpc) is 1.63. The third-order valence-corrected chi connectivity index (χ3v) is 25.2. The summed E-state index contributed by atoms with van der Waals surface area (Å²) < 4.78 is 86.9. The first-order valence-electron chi connectivity index (χ1n) is 43.7. The number of hydrogen-bond donors (Lipinski definition) is 0. The van der Waals surface area contributed by atoms with Gasteiger partial charge in [0.2, 0.25) is 0 Å². The molecule has 2 aliphatic carbocycles. The van der Waals surface area contributed by atoms with Crippen molar-refractivity contribution < 1.29 is 15.7 Å². The summed E-state index contributed by atoms with van der Waals surface area (Å²) in [6.07, 6.45) is 0. The van der Waals surface area contributed by atoms with Crippen molar-refractivity contribution in [3.63, 3.8) is 0 Å². The zero-order valence-corrected chi connectivity index (χ0v) is 66.4. The molecule has 0 bridgehead atoms. The van der Waals surface area contributed by atoms with Gasteiger partial charge in [-0.05, 0) is 228 Å². The van der Waals surface area contributed by atoms with Gasteiger partial charge in [-0.15, -0.1) is 0 Å². The lowest BCUT2D eigenvalue weighted by atomic mass is 9.30. The van der Waals surface area contributed by atoms with E-state index in [1.54, 1.807) is 4.57 Å². The average molecular weight is 1460 g/mol. The molecule has 112 heavy (non-hydrogen) atoms. The predicted octanol–water partition coefficient (Wildman–Crippen LogP) is 23.8. The van der Waals surface area contributed by atoms with E-state index in [4.69, 9.17) is 4.74 Å². The molecule has 0 N–H and O–H groups in total. The van der Waals surface area contributed by atoms with Crippen molar-refractivity contribution in [2.45, 2.75) is 136 Å². The number of nitrogens with zero attached hydrogens (tertiary/aromatic N) is 4. The molecule has 6 aliphatic rings. The van der Waals surface area contributed by atoms with Crippen LogP contribution in [0.1, 0.15) is 165 Å². The summed E-state index contributed by atoms with van der Waals surface area (Å²) in [5, 5.41) is 0.0161. The van der Waals surface area contributed by atoms with Crippen LogP contribution in [0.3, 0.4) is 0 Å². The third-order valence-electron chi connectivity index (χ3n) is 25.2. The molecule has 15 aromatic rings. The van der Waals surface area contributed by atoms with E-state index in [0.717, 1.165) is 123 Å². The van der Waals surface area contributed by atoms with Gasteiger partial charge in [0, 0.05) is 68.0 Å². The summed E-state index contributed by atoms with van der Waals surface area (Å²) in [7, 11) is 0. The molecular weight excluding hydrogens is 1350 g/mol. The fourth-order valence-corrected chi connectivity index (χ4v) is 19.6. The molecule has 0 unspecified atom stereocenters. The van der Waals surface area contributed by atoms with Crippen LogP contribution in [0.4, 0.5) is 51.2 Å². The van der Waals surface area contributed by atoms with Crippen LogP contribution in [0.15, 0.2) is 285 Å². The van der Waals surface area contributed by atoms with E-state index in [0.29, 0.717) is 11.4 Å². The lowest BCUT2D eigenvalue weighted by Crippen LogP contribution is -2.64. The van der Waals surface area contributed by atoms with Gasteiger partial charge in [0.05, 0.1) is 33.1 Å². The fourth-order valence-electron chi connectivity index (χ4n) is 19.6. The number of hydrogen-bond acceptors (Lipinski definition) is 4. The molecular formula is C105H92B2N4O. The van der Waals surface area contributed by atoms with Crippen LogP contribution in [-0.2, 0) is 32.5 Å². The van der Waals surface area contributed by atoms with Crippen molar-refractivity contribution in [2.24, 2.45) is 0 Å². The molecule has 5 heterocycles. The highest BCUT2D eigenvalue weighted by Gasteiger charge is 2.54. The molecule has 1 aromatic heterocycles. The highest BCUT2D eigenvalue weighted by molar-refractivity contribution is 7.02. The second-order valence-electron chi connectivity index (χ2n) is 37.1. The second kappa shape index (κ2) is 23.6. The summed E-state index contributed by atoms with van der Waals surface area (Å²) in [5.74, 6) is 1.43. The zero-order valence-electron chi connectivity index (χ0n) is 74.4. The van der Waals surface area contributed by atoms with Gasteiger partial charge in [0.1, 0.15) is 11.5 Å². The molecule has 0 radical (unpaired) electrons. The molecule has 0 fully saturated rings. The van der Waals surface area contributed by atoms with Gasteiger partial charge in [0.25, 0.3) is 13.4 Å². The second-order valence-corrected chi connectivity index (χ2v) is 37.1. The van der Waals surface area contributed by atoms with Crippen molar-refractivity contribution in [1.29, 1.82) is 0 Å². The minimum absolute atomic E-state index is 0.00805. The number of aromatic nitrogens is 1. The first-order valence-corrected chi connectivity index (χ1v) is 39.7. The Labute approximate surface area is 672 Å². The molecule has 0 saturated carbocycles. The Hall–Kier alpha value is -11.8. The Bertz CT molecular complexity index is 6880. The Morgan fingerprint density at radius 3 is 1.25 bits per heavy atom. The largest absolute Gasteiger partial charge is 0.458 e. The fraction of sp³-hybridized carbons (Fsp3) is 0.200. The van der Waals surface area contributed by atoms with Crippen molar-refractivity contribution in [2.75, 3.05) is 14.7 Å². The molecule has 21 rings (SSSR count). The van der Waals surface area contributed by atoms with E-state index in [2.05, 4.69) is 355 Å². The maximum absolute atomic E-state index is 10.1. The Morgan fingerprint density at radius 1 is 0.304 bits per heavy atom. The maximum atomic E-state index is 10.1. The van der Waals surface area contributed by atoms with Gasteiger partial charge in [-0.25, -0.2) is 0 Å². The molecule has 7 heteroatoms. The monoisotopic (exact) mass is 1450 g/mol.